The van der Waals surface area contributed by atoms with Crippen molar-refractivity contribution in [2.45, 2.75) is 38.5 Å². The minimum atomic E-state index is 0.0945. The van der Waals surface area contributed by atoms with Gasteiger partial charge >= 0.3 is 0 Å². The maximum atomic E-state index is 8.80. The van der Waals surface area contributed by atoms with Gasteiger partial charge in [0, 0.05) is 17.8 Å². The molecule has 0 saturated heterocycles. The van der Waals surface area contributed by atoms with Crippen LogP contribution in [0.3, 0.4) is 0 Å². The van der Waals surface area contributed by atoms with E-state index in [1.165, 1.54) is 16.7 Å². The van der Waals surface area contributed by atoms with E-state index in [9.17, 15) is 0 Å². The molecule has 3 atom stereocenters. The second kappa shape index (κ2) is 12.3. The second-order valence-electron chi connectivity index (χ2n) is 9.39. The summed E-state index contributed by atoms with van der Waals surface area (Å²) in [6.45, 7) is 6.50. The summed E-state index contributed by atoms with van der Waals surface area (Å²) in [7, 11) is 0. The zero-order valence-corrected chi connectivity index (χ0v) is 22.0. The Hall–Kier alpha value is -5.25. The molecule has 0 radical (unpaired) electrons. The van der Waals surface area contributed by atoms with Crippen molar-refractivity contribution in [1.29, 1.82) is 15.8 Å². The summed E-state index contributed by atoms with van der Waals surface area (Å²) < 4.78 is 14.8. The van der Waals surface area contributed by atoms with Crippen LogP contribution >= 0.6 is 0 Å². The molecule has 4 aromatic carbocycles. The monoisotopic (exact) mass is 513 g/mol. The summed E-state index contributed by atoms with van der Waals surface area (Å²) in [5.74, 6) is 1.82. The molecule has 4 rings (SSSR count). The Kier molecular flexibility index (Phi) is 8.47. The highest BCUT2D eigenvalue weighted by Gasteiger charge is 2.18. The van der Waals surface area contributed by atoms with Gasteiger partial charge in [0.05, 0.1) is 0 Å². The van der Waals surface area contributed by atoms with Crippen LogP contribution in [-0.2, 0) is 0 Å². The highest BCUT2D eigenvalue weighted by molar-refractivity contribution is 5.46. The van der Waals surface area contributed by atoms with Crippen molar-refractivity contribution in [3.8, 4) is 36.0 Å². The summed E-state index contributed by atoms with van der Waals surface area (Å²) in [4.78, 5) is 0. The Morgan fingerprint density at radius 2 is 0.641 bits per heavy atom. The standard InChI is InChI=1S/C33H27N3O3/c1-22(25-4-10-31(11-5-25)37-19-34)28-16-29(23(2)26-6-12-32(13-7-26)38-20-35)18-30(17-28)24(3)27-8-14-33(15-9-27)39-21-36/h4-18,22-24H,1-3H3. The summed E-state index contributed by atoms with van der Waals surface area (Å²) >= 11 is 0. The molecule has 0 heterocycles. The van der Waals surface area contributed by atoms with Crippen LogP contribution in [0.2, 0.25) is 0 Å². The first-order chi connectivity index (χ1) is 18.9. The van der Waals surface area contributed by atoms with E-state index in [1.807, 2.05) is 36.4 Å². The van der Waals surface area contributed by atoms with Crippen molar-refractivity contribution in [3.05, 3.63) is 124 Å². The van der Waals surface area contributed by atoms with E-state index >= 15 is 0 Å². The third kappa shape index (κ3) is 6.37. The molecule has 0 amide bonds. The second-order valence-corrected chi connectivity index (χ2v) is 9.39. The van der Waals surface area contributed by atoms with Gasteiger partial charge in [-0.3, -0.25) is 0 Å². The van der Waals surface area contributed by atoms with E-state index in [0.717, 1.165) is 16.7 Å². The van der Waals surface area contributed by atoms with E-state index in [4.69, 9.17) is 30.0 Å². The molecule has 3 unspecified atom stereocenters. The lowest BCUT2D eigenvalue weighted by atomic mass is 9.82. The van der Waals surface area contributed by atoms with E-state index < -0.39 is 0 Å². The Bertz CT molecular complexity index is 1340. The molecule has 0 aliphatic carbocycles. The quantitative estimate of drug-likeness (QED) is 0.212. The molecular weight excluding hydrogens is 486 g/mol. The van der Waals surface area contributed by atoms with Gasteiger partial charge in [0.15, 0.2) is 0 Å². The summed E-state index contributed by atoms with van der Waals surface area (Å²) in [6.07, 6.45) is 5.13. The van der Waals surface area contributed by atoms with Crippen LogP contribution in [0.4, 0.5) is 0 Å². The third-order valence-corrected chi connectivity index (χ3v) is 7.13. The molecule has 0 fully saturated rings. The Morgan fingerprint density at radius 3 is 0.846 bits per heavy atom. The highest BCUT2D eigenvalue weighted by atomic mass is 16.5. The Morgan fingerprint density at radius 1 is 0.410 bits per heavy atom. The molecule has 0 aliphatic rings. The number of nitrogens with zero attached hydrogens (tertiary/aromatic N) is 3. The van der Waals surface area contributed by atoms with Crippen LogP contribution < -0.4 is 14.2 Å². The molecule has 0 N–H and O–H groups in total. The average molecular weight is 514 g/mol. The molecule has 0 bridgehead atoms. The van der Waals surface area contributed by atoms with Gasteiger partial charge < -0.3 is 14.2 Å². The predicted octanol–water partition coefficient (Wildman–Crippen LogP) is 7.72. The molecule has 39 heavy (non-hydrogen) atoms. The van der Waals surface area contributed by atoms with E-state index in [0.29, 0.717) is 17.2 Å². The van der Waals surface area contributed by atoms with Gasteiger partial charge in [-0.1, -0.05) is 75.4 Å². The molecular formula is C33H27N3O3. The fourth-order valence-corrected chi connectivity index (χ4v) is 4.66. The third-order valence-electron chi connectivity index (χ3n) is 7.13. The van der Waals surface area contributed by atoms with E-state index in [1.54, 1.807) is 55.2 Å². The SMILES string of the molecule is CC(c1ccc(OC#N)cc1)c1cc(C(C)c2ccc(OC#N)cc2)cc(C(C)c2ccc(OC#N)cc2)c1. The van der Waals surface area contributed by atoms with Crippen molar-refractivity contribution >= 4 is 0 Å². The smallest absolute Gasteiger partial charge is 0.292 e. The number of benzene rings is 4. The van der Waals surface area contributed by atoms with Gasteiger partial charge in [0.1, 0.15) is 17.2 Å². The first-order valence-electron chi connectivity index (χ1n) is 12.6. The van der Waals surface area contributed by atoms with Gasteiger partial charge in [-0.05, 0) is 69.8 Å². The zero-order valence-electron chi connectivity index (χ0n) is 22.0. The molecule has 6 heteroatoms. The first-order valence-corrected chi connectivity index (χ1v) is 12.6. The fraction of sp³-hybridized carbons (Fsp3) is 0.182. The highest BCUT2D eigenvalue weighted by Crippen LogP contribution is 2.36. The molecule has 0 aromatic heterocycles. The molecule has 0 aliphatic heterocycles. The van der Waals surface area contributed by atoms with Crippen molar-refractivity contribution < 1.29 is 14.2 Å². The van der Waals surface area contributed by atoms with Gasteiger partial charge in [0.25, 0.3) is 18.8 Å². The minimum absolute atomic E-state index is 0.0945. The molecule has 192 valence electrons. The van der Waals surface area contributed by atoms with Gasteiger partial charge in [-0.15, -0.1) is 15.8 Å². The first kappa shape index (κ1) is 26.8. The van der Waals surface area contributed by atoms with Crippen molar-refractivity contribution in [2.75, 3.05) is 0 Å². The molecule has 0 spiro atoms. The lowest BCUT2D eigenvalue weighted by Crippen LogP contribution is -2.05. The number of nitriles is 3. The maximum Gasteiger partial charge on any atom is 0.292 e. The van der Waals surface area contributed by atoms with Crippen LogP contribution in [0.25, 0.3) is 0 Å². The van der Waals surface area contributed by atoms with Crippen molar-refractivity contribution in [3.63, 3.8) is 0 Å². The molecule has 0 saturated carbocycles. The summed E-state index contributed by atoms with van der Waals surface area (Å²) in [5.41, 5.74) is 6.84. The topological polar surface area (TPSA) is 99.1 Å². The van der Waals surface area contributed by atoms with Crippen LogP contribution in [0, 0.1) is 34.6 Å². The van der Waals surface area contributed by atoms with Gasteiger partial charge in [-0.25, -0.2) is 0 Å². The Balaban J connectivity index is 1.73. The van der Waals surface area contributed by atoms with Gasteiger partial charge in [-0.2, -0.15) is 0 Å². The number of rotatable bonds is 9. The molecule has 6 nitrogen and oxygen atoms in total. The van der Waals surface area contributed by atoms with Crippen molar-refractivity contribution in [1.82, 2.24) is 0 Å². The van der Waals surface area contributed by atoms with Crippen LogP contribution in [-0.4, -0.2) is 0 Å². The summed E-state index contributed by atoms with van der Waals surface area (Å²) in [6, 6.07) is 29.5. The largest absolute Gasteiger partial charge is 0.388 e. The average Bonchev–Trinajstić information content (AvgIpc) is 2.97. The summed E-state index contributed by atoms with van der Waals surface area (Å²) in [5, 5.41) is 26.4. The minimum Gasteiger partial charge on any atom is -0.388 e. The Labute approximate surface area is 228 Å². The number of hydrogen-bond acceptors (Lipinski definition) is 6. The maximum absolute atomic E-state index is 8.80. The van der Waals surface area contributed by atoms with Gasteiger partial charge in [0.2, 0.25) is 0 Å². The van der Waals surface area contributed by atoms with Crippen molar-refractivity contribution in [2.24, 2.45) is 0 Å². The normalized spacial score (nSPS) is 12.6. The van der Waals surface area contributed by atoms with E-state index in [2.05, 4.69) is 39.0 Å². The predicted molar refractivity (Wildman–Crippen MR) is 147 cm³/mol. The fourth-order valence-electron chi connectivity index (χ4n) is 4.66. The lowest BCUT2D eigenvalue weighted by molar-refractivity contribution is 0.506. The number of ether oxygens (including phenoxy) is 3. The van der Waals surface area contributed by atoms with E-state index in [-0.39, 0.29) is 17.8 Å². The zero-order chi connectivity index (χ0) is 27.8. The van der Waals surface area contributed by atoms with Crippen LogP contribution in [0.5, 0.6) is 17.2 Å². The number of hydrogen-bond donors (Lipinski definition) is 0. The lowest BCUT2D eigenvalue weighted by Gasteiger charge is -2.22. The molecule has 4 aromatic rings. The van der Waals surface area contributed by atoms with Crippen LogP contribution in [0.1, 0.15) is 71.9 Å². The van der Waals surface area contributed by atoms with Crippen LogP contribution in [0.15, 0.2) is 91.0 Å².